The number of hydrogen-bond donors (Lipinski definition) is 1. The number of unbranched alkanes of at least 4 members (excludes halogenated alkanes) is 1. The monoisotopic (exact) mass is 277 g/mol. The molecule has 0 heterocycles. The van der Waals surface area contributed by atoms with Crippen LogP contribution in [0.4, 0.5) is 0 Å². The smallest absolute Gasteiger partial charge is 0.323 e. The molecular weight excluding hydrogens is 250 g/mol. The van der Waals surface area contributed by atoms with E-state index in [1.807, 2.05) is 30.3 Å². The molecule has 0 fully saturated rings. The highest BCUT2D eigenvalue weighted by Gasteiger charge is 2.15. The number of rotatable bonds is 7. The average Bonchev–Trinajstić information content (AvgIpc) is 2.38. The van der Waals surface area contributed by atoms with Crippen molar-refractivity contribution >= 4 is 5.97 Å². The van der Waals surface area contributed by atoms with Gasteiger partial charge in [0.2, 0.25) is 0 Å². The summed E-state index contributed by atoms with van der Waals surface area (Å²) in [5.41, 5.74) is 7.26. The molecule has 3 nitrogen and oxygen atoms in total. The van der Waals surface area contributed by atoms with Crippen molar-refractivity contribution in [3.63, 3.8) is 0 Å². The molecule has 0 radical (unpaired) electrons. The van der Waals surface area contributed by atoms with E-state index in [0.717, 1.165) is 24.8 Å². The predicted octanol–water partition coefficient (Wildman–Crippen LogP) is 3.32. The summed E-state index contributed by atoms with van der Waals surface area (Å²) in [6, 6.07) is 9.20. The third kappa shape index (κ3) is 7.29. The minimum Gasteiger partial charge on any atom is -0.465 e. The van der Waals surface area contributed by atoms with Gasteiger partial charge in [-0.1, -0.05) is 51.1 Å². The van der Waals surface area contributed by atoms with Crippen LogP contribution in [0.3, 0.4) is 0 Å². The summed E-state index contributed by atoms with van der Waals surface area (Å²) < 4.78 is 5.23. The van der Waals surface area contributed by atoms with Crippen LogP contribution < -0.4 is 5.73 Å². The molecule has 1 aromatic rings. The van der Waals surface area contributed by atoms with E-state index in [0.29, 0.717) is 18.4 Å². The topological polar surface area (TPSA) is 52.3 Å². The number of benzene rings is 1. The van der Waals surface area contributed by atoms with Gasteiger partial charge in [0, 0.05) is 0 Å². The van der Waals surface area contributed by atoms with E-state index in [2.05, 4.69) is 20.8 Å². The highest BCUT2D eigenvalue weighted by Crippen LogP contribution is 2.21. The molecule has 1 atom stereocenters. The fourth-order valence-electron chi connectivity index (χ4n) is 1.99. The second-order valence-corrected chi connectivity index (χ2v) is 6.48. The number of nitrogens with two attached hydrogens (primary N) is 1. The van der Waals surface area contributed by atoms with Gasteiger partial charge in [0.25, 0.3) is 0 Å². The molecule has 1 unspecified atom stereocenters. The van der Waals surface area contributed by atoms with Gasteiger partial charge in [-0.3, -0.25) is 4.79 Å². The lowest BCUT2D eigenvalue weighted by Gasteiger charge is -2.17. The van der Waals surface area contributed by atoms with Crippen LogP contribution in [-0.2, 0) is 16.0 Å². The molecule has 112 valence electrons. The van der Waals surface area contributed by atoms with Gasteiger partial charge in [0.1, 0.15) is 6.04 Å². The van der Waals surface area contributed by atoms with Crippen molar-refractivity contribution in [1.29, 1.82) is 0 Å². The Morgan fingerprint density at radius 3 is 2.45 bits per heavy atom. The molecule has 0 spiro atoms. The molecule has 0 aliphatic carbocycles. The molecule has 20 heavy (non-hydrogen) atoms. The van der Waals surface area contributed by atoms with Gasteiger partial charge in [0.15, 0.2) is 0 Å². The van der Waals surface area contributed by atoms with Crippen molar-refractivity contribution in [1.82, 2.24) is 0 Å². The fraction of sp³-hybridized carbons (Fsp3) is 0.588. The number of esters is 1. The summed E-state index contributed by atoms with van der Waals surface area (Å²) >= 11 is 0. The molecule has 0 aliphatic rings. The minimum absolute atomic E-state index is 0.301. The first-order valence-electron chi connectivity index (χ1n) is 7.34. The van der Waals surface area contributed by atoms with Crippen LogP contribution in [0.15, 0.2) is 30.3 Å². The van der Waals surface area contributed by atoms with E-state index in [-0.39, 0.29) is 5.97 Å². The van der Waals surface area contributed by atoms with Gasteiger partial charge in [-0.15, -0.1) is 0 Å². The molecule has 0 bridgehead atoms. The molecule has 0 amide bonds. The number of hydrogen-bond acceptors (Lipinski definition) is 3. The van der Waals surface area contributed by atoms with Crippen LogP contribution in [-0.4, -0.2) is 18.6 Å². The second-order valence-electron chi connectivity index (χ2n) is 6.48. The first kappa shape index (κ1) is 16.7. The Morgan fingerprint density at radius 2 is 1.85 bits per heavy atom. The van der Waals surface area contributed by atoms with E-state index >= 15 is 0 Å². The maximum absolute atomic E-state index is 11.8. The summed E-state index contributed by atoms with van der Waals surface area (Å²) in [4.78, 5) is 11.8. The molecule has 3 heteroatoms. The molecule has 0 aliphatic heterocycles. The summed E-state index contributed by atoms with van der Waals surface area (Å²) in [5, 5.41) is 0. The molecule has 1 rings (SSSR count). The Hall–Kier alpha value is -1.35. The van der Waals surface area contributed by atoms with E-state index in [1.165, 1.54) is 0 Å². The van der Waals surface area contributed by atoms with Crippen molar-refractivity contribution < 1.29 is 9.53 Å². The highest BCUT2D eigenvalue weighted by molar-refractivity contribution is 5.75. The molecule has 0 saturated heterocycles. The van der Waals surface area contributed by atoms with Gasteiger partial charge >= 0.3 is 5.97 Å². The molecule has 0 saturated carbocycles. The van der Waals surface area contributed by atoms with Crippen molar-refractivity contribution in [3.05, 3.63) is 35.9 Å². The minimum atomic E-state index is -0.569. The van der Waals surface area contributed by atoms with Crippen LogP contribution >= 0.6 is 0 Å². The Balaban J connectivity index is 2.19. The summed E-state index contributed by atoms with van der Waals surface area (Å²) in [6.45, 7) is 7.12. The van der Waals surface area contributed by atoms with E-state index in [1.54, 1.807) is 0 Å². The Bertz CT molecular complexity index is 395. The molecule has 1 aromatic carbocycles. The molecule has 2 N–H and O–H groups in total. The average molecular weight is 277 g/mol. The maximum atomic E-state index is 11.8. The zero-order valence-electron chi connectivity index (χ0n) is 12.9. The third-order valence-electron chi connectivity index (χ3n) is 3.17. The van der Waals surface area contributed by atoms with Crippen molar-refractivity contribution in [2.45, 2.75) is 52.5 Å². The lowest BCUT2D eigenvalue weighted by atomic mass is 9.90. The lowest BCUT2D eigenvalue weighted by molar-refractivity contribution is -0.145. The summed E-state index contributed by atoms with van der Waals surface area (Å²) in [7, 11) is 0. The van der Waals surface area contributed by atoms with Crippen LogP contribution in [0.2, 0.25) is 0 Å². The Kier molecular flexibility index (Phi) is 6.73. The number of carbonyl (C=O) groups is 1. The van der Waals surface area contributed by atoms with Crippen LogP contribution in [0.5, 0.6) is 0 Å². The quantitative estimate of drug-likeness (QED) is 0.614. The largest absolute Gasteiger partial charge is 0.465 e. The zero-order chi connectivity index (χ0) is 15.0. The number of ether oxygens (including phenoxy) is 1. The summed E-state index contributed by atoms with van der Waals surface area (Å²) in [6.07, 6.45) is 3.65. The van der Waals surface area contributed by atoms with E-state index in [4.69, 9.17) is 10.5 Å². The van der Waals surface area contributed by atoms with Crippen LogP contribution in [0.1, 0.15) is 45.6 Å². The molecule has 0 aromatic heterocycles. The third-order valence-corrected chi connectivity index (χ3v) is 3.17. The molecular formula is C17H27NO2. The van der Waals surface area contributed by atoms with Gasteiger partial charge in [-0.25, -0.2) is 0 Å². The SMILES string of the molecule is CC(C)(C)CCCCOC(=O)C(N)Cc1ccccc1. The van der Waals surface area contributed by atoms with Crippen molar-refractivity contribution in [2.24, 2.45) is 11.1 Å². The Labute approximate surface area is 122 Å². The summed E-state index contributed by atoms with van der Waals surface area (Å²) in [5.74, 6) is -0.301. The van der Waals surface area contributed by atoms with Gasteiger partial charge in [-0.2, -0.15) is 0 Å². The van der Waals surface area contributed by atoms with E-state index < -0.39 is 6.04 Å². The van der Waals surface area contributed by atoms with Crippen LogP contribution in [0.25, 0.3) is 0 Å². The predicted molar refractivity (Wildman–Crippen MR) is 82.4 cm³/mol. The first-order chi connectivity index (χ1) is 9.38. The lowest BCUT2D eigenvalue weighted by Crippen LogP contribution is -2.34. The fourth-order valence-corrected chi connectivity index (χ4v) is 1.99. The zero-order valence-corrected chi connectivity index (χ0v) is 12.9. The normalized spacial score (nSPS) is 13.0. The van der Waals surface area contributed by atoms with Crippen molar-refractivity contribution in [3.8, 4) is 0 Å². The second kappa shape index (κ2) is 8.05. The van der Waals surface area contributed by atoms with Crippen molar-refractivity contribution in [2.75, 3.05) is 6.61 Å². The van der Waals surface area contributed by atoms with Crippen LogP contribution in [0, 0.1) is 5.41 Å². The van der Waals surface area contributed by atoms with Gasteiger partial charge in [-0.05, 0) is 36.7 Å². The van der Waals surface area contributed by atoms with Gasteiger partial charge in [0.05, 0.1) is 6.61 Å². The number of carbonyl (C=O) groups excluding carboxylic acids is 1. The van der Waals surface area contributed by atoms with E-state index in [9.17, 15) is 4.79 Å². The standard InChI is InChI=1S/C17H27NO2/c1-17(2,3)11-7-8-12-20-16(19)15(18)13-14-9-5-4-6-10-14/h4-6,9-10,15H,7-8,11-13,18H2,1-3H3. The van der Waals surface area contributed by atoms with Gasteiger partial charge < -0.3 is 10.5 Å². The Morgan fingerprint density at radius 1 is 1.20 bits per heavy atom. The first-order valence-corrected chi connectivity index (χ1v) is 7.34. The highest BCUT2D eigenvalue weighted by atomic mass is 16.5. The maximum Gasteiger partial charge on any atom is 0.323 e.